The highest BCUT2D eigenvalue weighted by Gasteiger charge is 2.56. The number of carboxylic acid groups (broad SMARTS) is 1. The first kappa shape index (κ1) is 9.93. The fraction of sp³-hybridized carbons (Fsp3) is 0.900. The molecule has 2 unspecified atom stereocenters. The second-order valence-corrected chi connectivity index (χ2v) is 5.09. The first-order chi connectivity index (χ1) is 6.44. The molecule has 2 rings (SSSR count). The molecule has 0 aliphatic carbocycles. The van der Waals surface area contributed by atoms with Gasteiger partial charge in [-0.1, -0.05) is 0 Å². The van der Waals surface area contributed by atoms with E-state index in [0.29, 0.717) is 12.5 Å². The zero-order chi connectivity index (χ0) is 10.5. The van der Waals surface area contributed by atoms with Crippen molar-refractivity contribution in [3.05, 3.63) is 0 Å². The van der Waals surface area contributed by atoms with E-state index >= 15 is 0 Å². The molecule has 0 aromatic heterocycles. The van der Waals surface area contributed by atoms with Crippen LogP contribution in [0.25, 0.3) is 0 Å². The number of aliphatic hydroxyl groups is 1. The van der Waals surface area contributed by atoms with E-state index < -0.39 is 18.0 Å². The number of carbonyl (C=O) groups is 1. The van der Waals surface area contributed by atoms with Crippen LogP contribution in [0.5, 0.6) is 0 Å². The molecule has 2 N–H and O–H groups in total. The largest absolute Gasteiger partial charge is 0.481 e. The monoisotopic (exact) mass is 200 g/mol. The molecule has 2 fully saturated rings. The third-order valence-corrected chi connectivity index (χ3v) is 4.22. The lowest BCUT2D eigenvalue weighted by Gasteiger charge is -2.45. The van der Waals surface area contributed by atoms with E-state index in [1.54, 1.807) is 0 Å². The Morgan fingerprint density at radius 2 is 2.00 bits per heavy atom. The quantitative estimate of drug-likeness (QED) is 0.588. The van der Waals surface area contributed by atoms with Gasteiger partial charge in [-0.05, 0) is 0 Å². The first-order valence-electron chi connectivity index (χ1n) is 5.19. The van der Waals surface area contributed by atoms with Crippen molar-refractivity contribution in [3.8, 4) is 0 Å². The number of nitrogens with zero attached hydrogens (tertiary/aromatic N) is 1. The van der Waals surface area contributed by atoms with Gasteiger partial charge >= 0.3 is 5.97 Å². The molecule has 0 amide bonds. The van der Waals surface area contributed by atoms with Crippen LogP contribution >= 0.6 is 0 Å². The highest BCUT2D eigenvalue weighted by Crippen LogP contribution is 2.42. The van der Waals surface area contributed by atoms with Gasteiger partial charge in [-0.15, -0.1) is 0 Å². The average Bonchev–Trinajstić information content (AvgIpc) is 2.30. The molecule has 14 heavy (non-hydrogen) atoms. The van der Waals surface area contributed by atoms with Crippen molar-refractivity contribution in [1.29, 1.82) is 0 Å². The maximum atomic E-state index is 11.1. The van der Waals surface area contributed by atoms with Gasteiger partial charge in [0.25, 0.3) is 0 Å². The molecular weight excluding hydrogens is 182 g/mol. The lowest BCUT2D eigenvalue weighted by Crippen LogP contribution is -2.61. The van der Waals surface area contributed by atoms with E-state index in [-0.39, 0.29) is 6.04 Å². The van der Waals surface area contributed by atoms with Gasteiger partial charge in [-0.3, -0.25) is 4.79 Å². The molecule has 0 aromatic carbocycles. The topological polar surface area (TPSA) is 57.5 Å². The molecule has 4 nitrogen and oxygen atoms in total. The van der Waals surface area contributed by atoms with Gasteiger partial charge in [-0.25, -0.2) is 0 Å². The van der Waals surface area contributed by atoms with E-state index in [9.17, 15) is 9.90 Å². The van der Waals surface area contributed by atoms with Crippen LogP contribution in [0.4, 0.5) is 0 Å². The molecule has 2 aliphatic rings. The normalized spacial score (nSPS) is 45.1. The van der Waals surface area contributed by atoms with E-state index in [2.05, 4.69) is 14.1 Å². The Balaban J connectivity index is 2.30. The van der Waals surface area contributed by atoms with Crippen LogP contribution in [0.3, 0.4) is 0 Å². The van der Waals surface area contributed by atoms with Crippen LogP contribution in [-0.4, -0.2) is 52.9 Å². The molecule has 2 aliphatic heterocycles. The smallest absolute Gasteiger partial charge is 0.315 e. The summed E-state index contributed by atoms with van der Waals surface area (Å²) in [6.07, 6.45) is 1.99. The predicted molar refractivity (Wildman–Crippen MR) is 50.7 cm³/mol. The molecule has 2 saturated heterocycles. The minimum absolute atomic E-state index is 0.0984. The molecular formula is C10H18NO3+. The maximum Gasteiger partial charge on any atom is 0.315 e. The minimum atomic E-state index is -0.839. The van der Waals surface area contributed by atoms with Crippen molar-refractivity contribution in [2.45, 2.75) is 37.5 Å². The molecule has 2 bridgehead atoms. The van der Waals surface area contributed by atoms with Crippen LogP contribution in [0.15, 0.2) is 0 Å². The number of rotatable bonds is 1. The summed E-state index contributed by atoms with van der Waals surface area (Å²) in [4.78, 5) is 11.1. The van der Waals surface area contributed by atoms with Crippen molar-refractivity contribution in [3.63, 3.8) is 0 Å². The molecule has 0 aromatic rings. The van der Waals surface area contributed by atoms with Gasteiger partial charge in [-0.2, -0.15) is 0 Å². The Bertz CT molecular complexity index is 264. The average molecular weight is 200 g/mol. The molecule has 0 radical (unpaired) electrons. The van der Waals surface area contributed by atoms with Crippen LogP contribution in [-0.2, 0) is 4.79 Å². The molecule has 4 heteroatoms. The zero-order valence-corrected chi connectivity index (χ0v) is 8.68. The number of aliphatic hydroxyl groups excluding tert-OH is 1. The van der Waals surface area contributed by atoms with Crippen molar-refractivity contribution in [2.75, 3.05) is 14.1 Å². The van der Waals surface area contributed by atoms with Crippen molar-refractivity contribution in [2.24, 2.45) is 5.92 Å². The lowest BCUT2D eigenvalue weighted by atomic mass is 9.86. The molecule has 0 spiro atoms. The Morgan fingerprint density at radius 1 is 1.36 bits per heavy atom. The Labute approximate surface area is 83.7 Å². The van der Waals surface area contributed by atoms with Gasteiger partial charge in [0, 0.05) is 19.3 Å². The van der Waals surface area contributed by atoms with Crippen LogP contribution in [0, 0.1) is 5.92 Å². The summed E-state index contributed by atoms with van der Waals surface area (Å²) in [5.41, 5.74) is 0. The first-order valence-corrected chi connectivity index (χ1v) is 5.19. The van der Waals surface area contributed by atoms with Gasteiger partial charge < -0.3 is 14.7 Å². The van der Waals surface area contributed by atoms with Crippen LogP contribution in [0.2, 0.25) is 0 Å². The Kier molecular flexibility index (Phi) is 2.08. The van der Waals surface area contributed by atoms with E-state index in [1.807, 2.05) is 0 Å². The molecule has 0 saturated carbocycles. The number of fused-ring (bicyclic) bond motifs is 2. The molecule has 4 atom stereocenters. The number of piperidine rings is 1. The highest BCUT2D eigenvalue weighted by atomic mass is 16.4. The number of hydrogen-bond donors (Lipinski definition) is 2. The maximum absolute atomic E-state index is 11.1. The second-order valence-electron chi connectivity index (χ2n) is 5.09. The molecule has 80 valence electrons. The number of quaternary nitrogens is 1. The summed E-state index contributed by atoms with van der Waals surface area (Å²) in [5, 5.41) is 18.9. The SMILES string of the molecule is C[N+]1(C)C2CCC1[C@H](C(=O)O)[C@@H](O)C2. The summed E-state index contributed by atoms with van der Waals surface area (Å²) in [6, 6.07) is 0.548. The van der Waals surface area contributed by atoms with Gasteiger partial charge in [0.1, 0.15) is 12.0 Å². The summed E-state index contributed by atoms with van der Waals surface area (Å²) in [7, 11) is 4.17. The highest BCUT2D eigenvalue weighted by molar-refractivity contribution is 5.71. The van der Waals surface area contributed by atoms with E-state index in [0.717, 1.165) is 17.3 Å². The van der Waals surface area contributed by atoms with E-state index in [4.69, 9.17) is 5.11 Å². The fourth-order valence-electron chi connectivity index (χ4n) is 3.29. The summed E-state index contributed by atoms with van der Waals surface area (Å²) in [5.74, 6) is -1.40. The Hall–Kier alpha value is -0.610. The number of carboxylic acids is 1. The fourth-order valence-corrected chi connectivity index (χ4v) is 3.29. The van der Waals surface area contributed by atoms with Crippen molar-refractivity contribution < 1.29 is 19.5 Å². The second kappa shape index (κ2) is 2.94. The lowest BCUT2D eigenvalue weighted by molar-refractivity contribution is -0.934. The van der Waals surface area contributed by atoms with E-state index in [1.165, 1.54) is 0 Å². The third-order valence-electron chi connectivity index (χ3n) is 4.22. The summed E-state index contributed by atoms with van der Waals surface area (Å²) >= 11 is 0. The van der Waals surface area contributed by atoms with Gasteiger partial charge in [0.15, 0.2) is 0 Å². The number of aliphatic carboxylic acids is 1. The number of hydrogen-bond acceptors (Lipinski definition) is 2. The van der Waals surface area contributed by atoms with Crippen molar-refractivity contribution >= 4 is 5.97 Å². The predicted octanol–water partition coefficient (Wildman–Crippen LogP) is 0.0592. The zero-order valence-electron chi connectivity index (χ0n) is 8.68. The molecule has 2 heterocycles. The van der Waals surface area contributed by atoms with Crippen molar-refractivity contribution in [1.82, 2.24) is 0 Å². The third kappa shape index (κ3) is 1.17. The van der Waals surface area contributed by atoms with Crippen LogP contribution < -0.4 is 0 Å². The van der Waals surface area contributed by atoms with Gasteiger partial charge in [0.05, 0.1) is 26.2 Å². The minimum Gasteiger partial charge on any atom is -0.481 e. The summed E-state index contributed by atoms with van der Waals surface area (Å²) < 4.78 is 0.772. The van der Waals surface area contributed by atoms with Gasteiger partial charge in [0.2, 0.25) is 0 Å². The Morgan fingerprint density at radius 3 is 2.57 bits per heavy atom. The van der Waals surface area contributed by atoms with Crippen LogP contribution in [0.1, 0.15) is 19.3 Å². The summed E-state index contributed by atoms with van der Waals surface area (Å²) in [6.45, 7) is 0. The standard InChI is InChI=1S/C10H17NO3/c1-11(2)6-3-4-7(11)9(10(13)14)8(12)5-6/h6-9,12H,3-5H2,1-2H3/p+1/t6?,7?,8-,9-/m0/s1.